The largest absolute Gasteiger partial charge is 0.321 e. The van der Waals surface area contributed by atoms with Gasteiger partial charge >= 0.3 is 0 Å². The molecular formula is C9H2Cl4N6S. The first-order valence-corrected chi connectivity index (χ1v) is 7.23. The van der Waals surface area contributed by atoms with Gasteiger partial charge in [0, 0.05) is 0 Å². The van der Waals surface area contributed by atoms with Crippen molar-refractivity contribution in [1.82, 2.24) is 23.7 Å². The van der Waals surface area contributed by atoms with Gasteiger partial charge in [-0.25, -0.2) is 0 Å². The maximum atomic E-state index is 6.15. The van der Waals surface area contributed by atoms with Crippen molar-refractivity contribution in [2.24, 2.45) is 0 Å². The lowest BCUT2D eigenvalue weighted by molar-refractivity contribution is 1.05. The Morgan fingerprint density at radius 3 is 2.20 bits per heavy atom. The zero-order valence-electron chi connectivity index (χ0n) is 9.23. The van der Waals surface area contributed by atoms with Crippen molar-refractivity contribution in [2.75, 3.05) is 5.32 Å². The van der Waals surface area contributed by atoms with Crippen LogP contribution in [0.2, 0.25) is 20.6 Å². The highest BCUT2D eigenvalue weighted by atomic mass is 35.5. The van der Waals surface area contributed by atoms with Gasteiger partial charge in [0.25, 0.3) is 0 Å². The van der Waals surface area contributed by atoms with Gasteiger partial charge in [-0.15, -0.1) is 0 Å². The van der Waals surface area contributed by atoms with Crippen LogP contribution in [0, 0.1) is 0 Å². The molecule has 6 nitrogen and oxygen atoms in total. The first-order valence-electron chi connectivity index (χ1n) is 4.99. The number of nitrogens with zero attached hydrogens (tertiary/aromatic N) is 5. The minimum absolute atomic E-state index is 0.0368. The zero-order chi connectivity index (χ0) is 14.3. The molecule has 0 saturated heterocycles. The van der Waals surface area contributed by atoms with E-state index in [-0.39, 0.29) is 16.5 Å². The second-order valence-electron chi connectivity index (χ2n) is 3.50. The van der Waals surface area contributed by atoms with Gasteiger partial charge < -0.3 is 5.32 Å². The van der Waals surface area contributed by atoms with E-state index in [0.717, 1.165) is 11.7 Å². The van der Waals surface area contributed by atoms with E-state index in [1.807, 2.05) is 0 Å². The number of nitrogens with one attached hydrogen (secondary N) is 1. The predicted molar refractivity (Wildman–Crippen MR) is 80.6 cm³/mol. The molecule has 0 spiro atoms. The second kappa shape index (κ2) is 5.42. The summed E-state index contributed by atoms with van der Waals surface area (Å²) in [4.78, 5) is 11.4. The van der Waals surface area contributed by atoms with Crippen LogP contribution in [-0.4, -0.2) is 23.7 Å². The molecule has 0 aliphatic heterocycles. The molecule has 0 aliphatic carbocycles. The second-order valence-corrected chi connectivity index (χ2v) is 5.52. The fourth-order valence-electron chi connectivity index (χ4n) is 1.49. The van der Waals surface area contributed by atoms with Gasteiger partial charge in [0.2, 0.25) is 16.5 Å². The van der Waals surface area contributed by atoms with Gasteiger partial charge in [-0.3, -0.25) is 0 Å². The molecule has 102 valence electrons. The Bertz CT molecular complexity index is 786. The van der Waals surface area contributed by atoms with Gasteiger partial charge in [0.05, 0.1) is 27.5 Å². The van der Waals surface area contributed by atoms with Crippen LogP contribution in [-0.2, 0) is 0 Å². The molecule has 2 aromatic heterocycles. The van der Waals surface area contributed by atoms with Crippen LogP contribution in [0.1, 0.15) is 0 Å². The molecule has 3 aromatic rings. The molecule has 0 unspecified atom stereocenters. The average molecular weight is 368 g/mol. The van der Waals surface area contributed by atoms with E-state index in [1.165, 1.54) is 0 Å². The number of hydrogen-bond acceptors (Lipinski definition) is 7. The monoisotopic (exact) mass is 366 g/mol. The van der Waals surface area contributed by atoms with Crippen molar-refractivity contribution >= 4 is 80.8 Å². The van der Waals surface area contributed by atoms with Crippen LogP contribution in [0.3, 0.4) is 0 Å². The van der Waals surface area contributed by atoms with Gasteiger partial charge in [-0.05, 0) is 29.3 Å². The predicted octanol–water partition coefficient (Wildman–Crippen LogP) is 4.23. The average Bonchev–Trinajstić information content (AvgIpc) is 2.82. The number of halogens is 4. The van der Waals surface area contributed by atoms with Crippen LogP contribution >= 0.6 is 58.1 Å². The molecule has 0 radical (unpaired) electrons. The number of aromatic nitrogens is 5. The first kappa shape index (κ1) is 14.0. The Morgan fingerprint density at radius 1 is 0.850 bits per heavy atom. The minimum atomic E-state index is -0.0368. The quantitative estimate of drug-likeness (QED) is 0.730. The lowest BCUT2D eigenvalue weighted by Gasteiger charge is -2.08. The molecule has 11 heteroatoms. The van der Waals surface area contributed by atoms with E-state index in [2.05, 4.69) is 29.0 Å². The fourth-order valence-corrected chi connectivity index (χ4v) is 3.01. The van der Waals surface area contributed by atoms with Crippen molar-refractivity contribution < 1.29 is 0 Å². The molecule has 2 heterocycles. The Morgan fingerprint density at radius 2 is 1.50 bits per heavy atom. The van der Waals surface area contributed by atoms with Crippen LogP contribution < -0.4 is 5.32 Å². The Labute approximate surface area is 136 Å². The lowest BCUT2D eigenvalue weighted by atomic mass is 10.2. The highest BCUT2D eigenvalue weighted by molar-refractivity contribution is 7.00. The molecule has 0 aliphatic rings. The molecule has 0 atom stereocenters. The maximum absolute atomic E-state index is 6.15. The minimum Gasteiger partial charge on any atom is -0.321 e. The van der Waals surface area contributed by atoms with E-state index < -0.39 is 0 Å². The lowest BCUT2D eigenvalue weighted by Crippen LogP contribution is -2.00. The highest BCUT2D eigenvalue weighted by Crippen LogP contribution is 2.36. The van der Waals surface area contributed by atoms with E-state index in [1.54, 1.807) is 6.07 Å². The van der Waals surface area contributed by atoms with Gasteiger partial charge in [0.15, 0.2) is 0 Å². The van der Waals surface area contributed by atoms with Crippen LogP contribution in [0.25, 0.3) is 11.0 Å². The normalized spacial score (nSPS) is 11.0. The number of rotatable bonds is 2. The van der Waals surface area contributed by atoms with Crippen molar-refractivity contribution in [3.8, 4) is 0 Å². The van der Waals surface area contributed by atoms with Crippen LogP contribution in [0.15, 0.2) is 6.07 Å². The molecule has 1 N–H and O–H groups in total. The fraction of sp³-hybridized carbons (Fsp3) is 0. The van der Waals surface area contributed by atoms with Crippen molar-refractivity contribution in [2.45, 2.75) is 0 Å². The van der Waals surface area contributed by atoms with Gasteiger partial charge in [0.1, 0.15) is 11.0 Å². The maximum Gasteiger partial charge on any atom is 0.232 e. The molecular weight excluding hydrogens is 366 g/mol. The third-order valence-electron chi connectivity index (χ3n) is 2.26. The summed E-state index contributed by atoms with van der Waals surface area (Å²) in [6.07, 6.45) is 0. The van der Waals surface area contributed by atoms with Crippen molar-refractivity contribution in [1.29, 1.82) is 0 Å². The van der Waals surface area contributed by atoms with Crippen LogP contribution in [0.4, 0.5) is 11.6 Å². The molecule has 20 heavy (non-hydrogen) atoms. The summed E-state index contributed by atoms with van der Waals surface area (Å²) in [6, 6.07) is 1.56. The molecule has 0 fully saturated rings. The molecule has 3 rings (SSSR count). The zero-order valence-corrected chi connectivity index (χ0v) is 13.1. The Balaban J connectivity index is 2.13. The van der Waals surface area contributed by atoms with E-state index in [0.29, 0.717) is 26.8 Å². The molecule has 0 amide bonds. The standard InChI is InChI=1S/C9H2Cl4N6S/c10-2-1-3(11)5-6(19-20-18-5)4(2)14-9-16-7(12)15-8(13)17-9/h1H,(H,14,15,16,17). The van der Waals surface area contributed by atoms with Gasteiger partial charge in [-0.2, -0.15) is 23.7 Å². The topological polar surface area (TPSA) is 76.5 Å². The molecule has 0 saturated carbocycles. The number of fused-ring (bicyclic) bond motifs is 1. The summed E-state index contributed by atoms with van der Waals surface area (Å²) in [5.74, 6) is 0.147. The highest BCUT2D eigenvalue weighted by Gasteiger charge is 2.15. The first-order chi connectivity index (χ1) is 9.54. The van der Waals surface area contributed by atoms with E-state index >= 15 is 0 Å². The number of hydrogen-bond donors (Lipinski definition) is 1. The van der Waals surface area contributed by atoms with E-state index in [4.69, 9.17) is 46.4 Å². The molecule has 0 bridgehead atoms. The Hall–Kier alpha value is -0.990. The van der Waals surface area contributed by atoms with E-state index in [9.17, 15) is 0 Å². The SMILES string of the molecule is Clc1nc(Cl)nc(Nc2c(Cl)cc(Cl)c3nsnc23)n1. The number of benzene rings is 1. The third kappa shape index (κ3) is 2.59. The summed E-state index contributed by atoms with van der Waals surface area (Å²) in [6.45, 7) is 0. The van der Waals surface area contributed by atoms with Crippen LogP contribution in [0.5, 0.6) is 0 Å². The van der Waals surface area contributed by atoms with Gasteiger partial charge in [-0.1, -0.05) is 23.2 Å². The summed E-state index contributed by atoms with van der Waals surface area (Å²) >= 11 is 24.6. The smallest absolute Gasteiger partial charge is 0.232 e. The van der Waals surface area contributed by atoms with Crippen molar-refractivity contribution in [3.63, 3.8) is 0 Å². The number of anilines is 2. The summed E-state index contributed by atoms with van der Waals surface area (Å²) < 4.78 is 8.23. The summed E-state index contributed by atoms with van der Waals surface area (Å²) in [7, 11) is 0. The summed E-state index contributed by atoms with van der Waals surface area (Å²) in [5, 5.41) is 3.58. The Kier molecular flexibility index (Phi) is 3.78. The summed E-state index contributed by atoms with van der Waals surface area (Å²) in [5.41, 5.74) is 1.52. The van der Waals surface area contributed by atoms with Crippen molar-refractivity contribution in [3.05, 3.63) is 26.7 Å². The molecule has 1 aromatic carbocycles. The third-order valence-corrected chi connectivity index (χ3v) is 3.71.